The van der Waals surface area contributed by atoms with Crippen LogP contribution >= 0.6 is 31.9 Å². The monoisotopic (exact) mass is 482 g/mol. The van der Waals surface area contributed by atoms with Gasteiger partial charge in [-0.3, -0.25) is 4.79 Å². The number of carbonyl (C=O) groups is 1. The molecule has 0 saturated heterocycles. The van der Waals surface area contributed by atoms with Crippen LogP contribution in [0, 0.1) is 0 Å². The van der Waals surface area contributed by atoms with Gasteiger partial charge in [0.05, 0.1) is 10.7 Å². The number of aromatic hydroxyl groups is 1. The summed E-state index contributed by atoms with van der Waals surface area (Å²) in [6, 6.07) is 11.1. The Labute approximate surface area is 169 Å². The van der Waals surface area contributed by atoms with Gasteiger partial charge in [-0.2, -0.15) is 5.10 Å². The van der Waals surface area contributed by atoms with Gasteiger partial charge in [-0.05, 0) is 58.6 Å². The number of halogens is 2. The summed E-state index contributed by atoms with van der Waals surface area (Å²) in [6.45, 7) is 2.02. The molecule has 2 aromatic carbocycles. The number of rotatable bonds is 8. The van der Waals surface area contributed by atoms with Crippen molar-refractivity contribution >= 4 is 44.0 Å². The van der Waals surface area contributed by atoms with Crippen molar-refractivity contribution in [3.05, 3.63) is 56.5 Å². The number of unbranched alkanes of at least 4 members (excludes halogenated alkanes) is 1. The zero-order valence-corrected chi connectivity index (χ0v) is 17.5. The average molecular weight is 484 g/mol. The number of ether oxygens (including phenoxy) is 1. The Kier molecular flexibility index (Phi) is 8.12. The average Bonchev–Trinajstić information content (AvgIpc) is 2.63. The molecule has 0 atom stereocenters. The number of nitrogens with one attached hydrogen (secondary N) is 1. The summed E-state index contributed by atoms with van der Waals surface area (Å²) in [5.41, 5.74) is 4.10. The molecule has 0 spiro atoms. The fraction of sp³-hybridized carbons (Fsp3) is 0.263. The Bertz CT molecular complexity index is 777. The highest BCUT2D eigenvalue weighted by atomic mass is 79.9. The summed E-state index contributed by atoms with van der Waals surface area (Å²) < 4.78 is 6.75. The standard InChI is InChI=1S/C19H20Br2N2O3/c1-2-3-4-13-5-7-16(8-6-13)26-12-18(24)23-22-11-14-9-15(20)10-17(21)19(14)25/h5-11,25H,2-4,12H2,1H3,(H,23,24)/b22-11+. The molecule has 0 radical (unpaired) electrons. The largest absolute Gasteiger partial charge is 0.506 e. The van der Waals surface area contributed by atoms with Crippen molar-refractivity contribution in [2.75, 3.05) is 6.61 Å². The van der Waals surface area contributed by atoms with Crippen molar-refractivity contribution in [2.45, 2.75) is 26.2 Å². The molecule has 26 heavy (non-hydrogen) atoms. The number of aryl methyl sites for hydroxylation is 1. The normalized spacial score (nSPS) is 10.9. The summed E-state index contributed by atoms with van der Waals surface area (Å²) in [7, 11) is 0. The lowest BCUT2D eigenvalue weighted by atomic mass is 10.1. The van der Waals surface area contributed by atoms with Gasteiger partial charge in [-0.15, -0.1) is 0 Å². The number of hydrogen-bond acceptors (Lipinski definition) is 4. The third-order valence-electron chi connectivity index (χ3n) is 3.56. The first-order valence-electron chi connectivity index (χ1n) is 8.21. The van der Waals surface area contributed by atoms with E-state index in [0.29, 0.717) is 15.8 Å². The van der Waals surface area contributed by atoms with E-state index in [-0.39, 0.29) is 18.3 Å². The summed E-state index contributed by atoms with van der Waals surface area (Å²) >= 11 is 6.57. The lowest BCUT2D eigenvalue weighted by Gasteiger charge is -2.06. The van der Waals surface area contributed by atoms with E-state index in [4.69, 9.17) is 4.74 Å². The van der Waals surface area contributed by atoms with Gasteiger partial charge in [0, 0.05) is 10.0 Å². The van der Waals surface area contributed by atoms with Crippen molar-refractivity contribution in [3.8, 4) is 11.5 Å². The molecular weight excluding hydrogens is 464 g/mol. The van der Waals surface area contributed by atoms with Gasteiger partial charge in [0.15, 0.2) is 6.61 Å². The molecule has 138 valence electrons. The highest BCUT2D eigenvalue weighted by Crippen LogP contribution is 2.30. The molecule has 0 heterocycles. The summed E-state index contributed by atoms with van der Waals surface area (Å²) in [5.74, 6) is 0.299. The number of carbonyl (C=O) groups excluding carboxylic acids is 1. The topological polar surface area (TPSA) is 70.9 Å². The van der Waals surface area contributed by atoms with E-state index >= 15 is 0 Å². The SMILES string of the molecule is CCCCc1ccc(OCC(=O)N/N=C/c2cc(Br)cc(Br)c2O)cc1. The van der Waals surface area contributed by atoms with E-state index in [1.165, 1.54) is 11.8 Å². The summed E-state index contributed by atoms with van der Waals surface area (Å²) in [6.07, 6.45) is 4.73. The Hall–Kier alpha value is -1.86. The number of amides is 1. The zero-order valence-electron chi connectivity index (χ0n) is 14.3. The Balaban J connectivity index is 1.82. The molecule has 5 nitrogen and oxygen atoms in total. The molecule has 0 aliphatic heterocycles. The van der Waals surface area contributed by atoms with E-state index in [9.17, 15) is 9.90 Å². The molecule has 2 N–H and O–H groups in total. The lowest BCUT2D eigenvalue weighted by molar-refractivity contribution is -0.123. The van der Waals surface area contributed by atoms with Crippen LogP contribution in [0.2, 0.25) is 0 Å². The van der Waals surface area contributed by atoms with Gasteiger partial charge in [-0.1, -0.05) is 41.4 Å². The van der Waals surface area contributed by atoms with Crippen LogP contribution < -0.4 is 10.2 Å². The maximum Gasteiger partial charge on any atom is 0.277 e. The van der Waals surface area contributed by atoms with Crippen molar-refractivity contribution in [1.29, 1.82) is 0 Å². The predicted molar refractivity (Wildman–Crippen MR) is 110 cm³/mol. The molecule has 0 aliphatic carbocycles. The van der Waals surface area contributed by atoms with Crippen LogP contribution in [0.15, 0.2) is 50.4 Å². The minimum absolute atomic E-state index is 0.0469. The van der Waals surface area contributed by atoms with E-state index in [1.807, 2.05) is 24.3 Å². The van der Waals surface area contributed by atoms with Gasteiger partial charge in [0.1, 0.15) is 11.5 Å². The predicted octanol–water partition coefficient (Wildman–Crippen LogP) is 4.79. The molecule has 2 rings (SSSR count). The second kappa shape index (κ2) is 10.3. The lowest BCUT2D eigenvalue weighted by Crippen LogP contribution is -2.24. The van der Waals surface area contributed by atoms with E-state index in [2.05, 4.69) is 49.3 Å². The van der Waals surface area contributed by atoms with Gasteiger partial charge < -0.3 is 9.84 Å². The number of phenols is 1. The first-order chi connectivity index (χ1) is 12.5. The summed E-state index contributed by atoms with van der Waals surface area (Å²) in [5, 5.41) is 13.8. The summed E-state index contributed by atoms with van der Waals surface area (Å²) in [4.78, 5) is 11.8. The highest BCUT2D eigenvalue weighted by molar-refractivity contribution is 9.11. The van der Waals surface area contributed by atoms with E-state index in [0.717, 1.165) is 23.7 Å². The van der Waals surface area contributed by atoms with Gasteiger partial charge in [0.25, 0.3) is 5.91 Å². The first-order valence-corrected chi connectivity index (χ1v) is 9.80. The fourth-order valence-corrected chi connectivity index (χ4v) is 3.43. The van der Waals surface area contributed by atoms with Crippen LogP contribution in [-0.4, -0.2) is 23.8 Å². The highest BCUT2D eigenvalue weighted by Gasteiger charge is 2.06. The maximum atomic E-state index is 11.8. The van der Waals surface area contributed by atoms with Crippen LogP contribution in [-0.2, 0) is 11.2 Å². The maximum absolute atomic E-state index is 11.8. The van der Waals surface area contributed by atoms with Crippen LogP contribution in [0.1, 0.15) is 30.9 Å². The number of hydrazone groups is 1. The van der Waals surface area contributed by atoms with E-state index in [1.54, 1.807) is 12.1 Å². The molecule has 2 aromatic rings. The second-order valence-corrected chi connectivity index (χ2v) is 7.42. The number of nitrogens with zero attached hydrogens (tertiary/aromatic N) is 1. The molecule has 1 amide bonds. The van der Waals surface area contributed by atoms with Crippen LogP contribution in [0.3, 0.4) is 0 Å². The van der Waals surface area contributed by atoms with Crippen molar-refractivity contribution in [2.24, 2.45) is 5.10 Å². The number of benzene rings is 2. The van der Waals surface area contributed by atoms with Gasteiger partial charge in [0.2, 0.25) is 0 Å². The second-order valence-electron chi connectivity index (χ2n) is 5.65. The third kappa shape index (κ3) is 6.46. The number of hydrogen-bond donors (Lipinski definition) is 2. The Morgan fingerprint density at radius 3 is 2.69 bits per heavy atom. The molecular formula is C19H20Br2N2O3. The van der Waals surface area contributed by atoms with Gasteiger partial charge >= 0.3 is 0 Å². The quantitative estimate of drug-likeness (QED) is 0.419. The molecule has 0 unspecified atom stereocenters. The molecule has 0 aliphatic rings. The Morgan fingerprint density at radius 2 is 2.00 bits per heavy atom. The minimum Gasteiger partial charge on any atom is -0.506 e. The third-order valence-corrected chi connectivity index (χ3v) is 4.63. The molecule has 0 bridgehead atoms. The van der Waals surface area contributed by atoms with Crippen LogP contribution in [0.25, 0.3) is 0 Å². The first kappa shape index (κ1) is 20.5. The van der Waals surface area contributed by atoms with Crippen molar-refractivity contribution in [1.82, 2.24) is 5.43 Å². The molecule has 0 fully saturated rings. The molecule has 0 saturated carbocycles. The van der Waals surface area contributed by atoms with Crippen LogP contribution in [0.4, 0.5) is 0 Å². The van der Waals surface area contributed by atoms with E-state index < -0.39 is 0 Å². The van der Waals surface area contributed by atoms with Gasteiger partial charge in [-0.25, -0.2) is 5.43 Å². The molecule has 7 heteroatoms. The van der Waals surface area contributed by atoms with Crippen molar-refractivity contribution in [3.63, 3.8) is 0 Å². The fourth-order valence-electron chi connectivity index (χ4n) is 2.17. The van der Waals surface area contributed by atoms with Crippen molar-refractivity contribution < 1.29 is 14.6 Å². The zero-order chi connectivity index (χ0) is 18.9. The van der Waals surface area contributed by atoms with Crippen LogP contribution in [0.5, 0.6) is 11.5 Å². The Morgan fingerprint density at radius 1 is 1.27 bits per heavy atom. The smallest absolute Gasteiger partial charge is 0.277 e. The minimum atomic E-state index is -0.384. The number of phenolic OH excluding ortho intramolecular Hbond substituents is 1. The molecule has 0 aromatic heterocycles.